The molecule has 4 heteroatoms. The van der Waals surface area contributed by atoms with Gasteiger partial charge in [0.2, 0.25) is 5.91 Å². The molecule has 1 rings (SSSR count). The van der Waals surface area contributed by atoms with Gasteiger partial charge < -0.3 is 4.90 Å². The molecular weight excluding hydrogens is 242 g/mol. The molecule has 0 aromatic heterocycles. The SMILES string of the molecule is CCN(CC)C(=O)CC(=O)c1ccc(C(C)=O)cc1. The largest absolute Gasteiger partial charge is 0.343 e. The Bertz CT molecular complexity index is 473. The number of hydrogen-bond acceptors (Lipinski definition) is 3. The quantitative estimate of drug-likeness (QED) is 0.583. The van der Waals surface area contributed by atoms with E-state index in [0.717, 1.165) is 0 Å². The van der Waals surface area contributed by atoms with Crippen LogP contribution in [0.4, 0.5) is 0 Å². The summed E-state index contributed by atoms with van der Waals surface area (Å²) in [5, 5.41) is 0. The highest BCUT2D eigenvalue weighted by atomic mass is 16.2. The second-order valence-corrected chi connectivity index (χ2v) is 4.30. The molecule has 0 unspecified atom stereocenters. The molecule has 0 fully saturated rings. The lowest BCUT2D eigenvalue weighted by Gasteiger charge is -2.17. The molecule has 0 spiro atoms. The van der Waals surface area contributed by atoms with E-state index in [9.17, 15) is 14.4 Å². The molecule has 0 atom stereocenters. The maximum atomic E-state index is 11.9. The minimum Gasteiger partial charge on any atom is -0.343 e. The van der Waals surface area contributed by atoms with Gasteiger partial charge in [-0.1, -0.05) is 24.3 Å². The molecule has 102 valence electrons. The summed E-state index contributed by atoms with van der Waals surface area (Å²) in [5.41, 5.74) is 1.03. The van der Waals surface area contributed by atoms with Crippen molar-refractivity contribution in [1.82, 2.24) is 4.90 Å². The standard InChI is InChI=1S/C15H19NO3/c1-4-16(5-2)15(19)10-14(18)13-8-6-12(7-9-13)11(3)17/h6-9H,4-5,10H2,1-3H3. The number of ketones is 2. The zero-order chi connectivity index (χ0) is 14.4. The van der Waals surface area contributed by atoms with Gasteiger partial charge in [-0.15, -0.1) is 0 Å². The second kappa shape index (κ2) is 6.83. The highest BCUT2D eigenvalue weighted by Gasteiger charge is 2.16. The Kier molecular flexibility index (Phi) is 5.42. The van der Waals surface area contributed by atoms with Gasteiger partial charge in [0, 0.05) is 24.2 Å². The molecule has 0 bridgehead atoms. The molecule has 0 heterocycles. The fourth-order valence-corrected chi connectivity index (χ4v) is 1.82. The summed E-state index contributed by atoms with van der Waals surface area (Å²) < 4.78 is 0. The lowest BCUT2D eigenvalue weighted by Crippen LogP contribution is -2.32. The van der Waals surface area contributed by atoms with Crippen LogP contribution in [-0.4, -0.2) is 35.5 Å². The average molecular weight is 261 g/mol. The fourth-order valence-electron chi connectivity index (χ4n) is 1.82. The van der Waals surface area contributed by atoms with Crippen LogP contribution in [0.3, 0.4) is 0 Å². The lowest BCUT2D eigenvalue weighted by atomic mass is 10.0. The van der Waals surface area contributed by atoms with Crippen LogP contribution in [0.15, 0.2) is 24.3 Å². The summed E-state index contributed by atoms with van der Waals surface area (Å²) in [6, 6.07) is 6.40. The minimum atomic E-state index is -0.216. The zero-order valence-corrected chi connectivity index (χ0v) is 11.6. The van der Waals surface area contributed by atoms with Crippen LogP contribution in [0.1, 0.15) is 47.9 Å². The molecular formula is C15H19NO3. The van der Waals surface area contributed by atoms with Crippen molar-refractivity contribution in [3.05, 3.63) is 35.4 Å². The van der Waals surface area contributed by atoms with Crippen LogP contribution < -0.4 is 0 Å². The van der Waals surface area contributed by atoms with E-state index >= 15 is 0 Å². The summed E-state index contributed by atoms with van der Waals surface area (Å²) in [5.74, 6) is -0.420. The average Bonchev–Trinajstić information content (AvgIpc) is 2.40. The third-order valence-electron chi connectivity index (χ3n) is 3.04. The van der Waals surface area contributed by atoms with Gasteiger partial charge in [-0.05, 0) is 20.8 Å². The third kappa shape index (κ3) is 4.02. The summed E-state index contributed by atoms with van der Waals surface area (Å²) >= 11 is 0. The highest BCUT2D eigenvalue weighted by molar-refractivity contribution is 6.07. The second-order valence-electron chi connectivity index (χ2n) is 4.30. The van der Waals surface area contributed by atoms with Crippen molar-refractivity contribution in [3.63, 3.8) is 0 Å². The third-order valence-corrected chi connectivity index (χ3v) is 3.04. The number of benzene rings is 1. The number of nitrogens with zero attached hydrogens (tertiary/aromatic N) is 1. The summed E-state index contributed by atoms with van der Waals surface area (Å²) in [4.78, 5) is 36.5. The van der Waals surface area contributed by atoms with Gasteiger partial charge >= 0.3 is 0 Å². The van der Waals surface area contributed by atoms with Gasteiger partial charge in [-0.3, -0.25) is 14.4 Å². The first-order valence-corrected chi connectivity index (χ1v) is 6.41. The first kappa shape index (κ1) is 15.1. The normalized spacial score (nSPS) is 10.1. The summed E-state index contributed by atoms with van der Waals surface area (Å²) in [7, 11) is 0. The van der Waals surface area contributed by atoms with Gasteiger partial charge in [0.05, 0.1) is 6.42 Å². The van der Waals surface area contributed by atoms with Gasteiger partial charge in [0.1, 0.15) is 0 Å². The molecule has 1 amide bonds. The first-order chi connectivity index (χ1) is 8.99. The van der Waals surface area contributed by atoms with E-state index in [0.29, 0.717) is 24.2 Å². The van der Waals surface area contributed by atoms with Gasteiger partial charge in [-0.25, -0.2) is 0 Å². The molecule has 0 aliphatic heterocycles. The predicted molar refractivity (Wildman–Crippen MR) is 73.3 cm³/mol. The summed E-state index contributed by atoms with van der Waals surface area (Å²) in [6.45, 7) is 6.44. The number of hydrogen-bond donors (Lipinski definition) is 0. The van der Waals surface area contributed by atoms with Crippen LogP contribution in [0.2, 0.25) is 0 Å². The van der Waals surface area contributed by atoms with E-state index in [1.807, 2.05) is 13.8 Å². The Morgan fingerprint density at radius 2 is 1.42 bits per heavy atom. The van der Waals surface area contributed by atoms with Crippen molar-refractivity contribution >= 4 is 17.5 Å². The van der Waals surface area contributed by atoms with Crippen LogP contribution in [0.25, 0.3) is 0 Å². The van der Waals surface area contributed by atoms with E-state index < -0.39 is 0 Å². The van der Waals surface area contributed by atoms with E-state index in [4.69, 9.17) is 0 Å². The van der Waals surface area contributed by atoms with Crippen molar-refractivity contribution in [2.45, 2.75) is 27.2 Å². The molecule has 1 aromatic rings. The number of carbonyl (C=O) groups excluding carboxylic acids is 3. The van der Waals surface area contributed by atoms with Crippen LogP contribution in [0, 0.1) is 0 Å². The Labute approximate surface area is 113 Å². The Balaban J connectivity index is 2.73. The van der Waals surface area contributed by atoms with Gasteiger partial charge in [0.15, 0.2) is 11.6 Å². The first-order valence-electron chi connectivity index (χ1n) is 6.41. The van der Waals surface area contributed by atoms with E-state index in [1.54, 1.807) is 29.2 Å². The lowest BCUT2D eigenvalue weighted by molar-refractivity contribution is -0.129. The van der Waals surface area contributed by atoms with Crippen LogP contribution in [0.5, 0.6) is 0 Å². The summed E-state index contributed by atoms with van der Waals surface area (Å²) in [6.07, 6.45) is -0.124. The van der Waals surface area contributed by atoms with Crippen molar-refractivity contribution in [2.24, 2.45) is 0 Å². The number of rotatable bonds is 6. The van der Waals surface area contributed by atoms with Crippen LogP contribution >= 0.6 is 0 Å². The number of carbonyl (C=O) groups is 3. The van der Waals surface area contributed by atoms with Crippen molar-refractivity contribution in [1.29, 1.82) is 0 Å². The van der Waals surface area contributed by atoms with Gasteiger partial charge in [-0.2, -0.15) is 0 Å². The Morgan fingerprint density at radius 3 is 1.84 bits per heavy atom. The Hall–Kier alpha value is -1.97. The van der Waals surface area contributed by atoms with Crippen LogP contribution in [-0.2, 0) is 4.79 Å². The van der Waals surface area contributed by atoms with E-state index in [-0.39, 0.29) is 23.9 Å². The molecule has 1 aromatic carbocycles. The molecule has 0 radical (unpaired) electrons. The fraction of sp³-hybridized carbons (Fsp3) is 0.400. The molecule has 0 aliphatic rings. The molecule has 0 aliphatic carbocycles. The topological polar surface area (TPSA) is 54.5 Å². The van der Waals surface area contributed by atoms with Crippen molar-refractivity contribution < 1.29 is 14.4 Å². The predicted octanol–water partition coefficient (Wildman–Crippen LogP) is 2.33. The van der Waals surface area contributed by atoms with E-state index in [1.165, 1.54) is 6.92 Å². The van der Waals surface area contributed by atoms with E-state index in [2.05, 4.69) is 0 Å². The molecule has 0 saturated carbocycles. The molecule has 0 N–H and O–H groups in total. The van der Waals surface area contributed by atoms with Crippen molar-refractivity contribution in [3.8, 4) is 0 Å². The molecule has 0 saturated heterocycles. The minimum absolute atomic E-state index is 0.0433. The molecule has 4 nitrogen and oxygen atoms in total. The Morgan fingerprint density at radius 1 is 0.947 bits per heavy atom. The maximum Gasteiger partial charge on any atom is 0.230 e. The zero-order valence-electron chi connectivity index (χ0n) is 11.6. The van der Waals surface area contributed by atoms with Gasteiger partial charge in [0.25, 0.3) is 0 Å². The highest BCUT2D eigenvalue weighted by Crippen LogP contribution is 2.09. The maximum absolute atomic E-state index is 11.9. The number of amides is 1. The monoisotopic (exact) mass is 261 g/mol. The van der Waals surface area contributed by atoms with Crippen molar-refractivity contribution in [2.75, 3.05) is 13.1 Å². The smallest absolute Gasteiger partial charge is 0.230 e. The molecule has 19 heavy (non-hydrogen) atoms. The number of Topliss-reactive ketones (excluding diaryl/α,β-unsaturated/α-hetero) is 2.